The van der Waals surface area contributed by atoms with Crippen molar-refractivity contribution in [3.8, 4) is 0 Å². The van der Waals surface area contributed by atoms with Crippen LogP contribution in [0, 0.1) is 5.92 Å². The first-order chi connectivity index (χ1) is 16.7. The molecule has 0 fully saturated rings. The van der Waals surface area contributed by atoms with Crippen molar-refractivity contribution in [1.82, 2.24) is 25.5 Å². The van der Waals surface area contributed by atoms with Gasteiger partial charge in [0.25, 0.3) is 0 Å². The van der Waals surface area contributed by atoms with E-state index in [1.807, 2.05) is 19.2 Å². The van der Waals surface area contributed by atoms with Crippen LogP contribution in [0.15, 0.2) is 17.1 Å². The van der Waals surface area contributed by atoms with Crippen LogP contribution in [0.25, 0.3) is 0 Å². The van der Waals surface area contributed by atoms with Crippen LogP contribution in [-0.2, 0) is 22.7 Å². The molecule has 2 aromatic heterocycles. The van der Waals surface area contributed by atoms with Gasteiger partial charge in [-0.15, -0.1) is 22.7 Å². The topological polar surface area (TPSA) is 131 Å². The van der Waals surface area contributed by atoms with Gasteiger partial charge in [0.05, 0.1) is 27.6 Å². The smallest absolute Gasteiger partial charge is 0.430 e. The van der Waals surface area contributed by atoms with Gasteiger partial charge in [0.15, 0.2) is 0 Å². The molecular weight excluding hydrogens is 488 g/mol. The highest BCUT2D eigenvalue weighted by Crippen LogP contribution is 2.19. The predicted molar refractivity (Wildman–Crippen MR) is 137 cm³/mol. The number of amides is 3. The molecule has 0 bridgehead atoms. The second-order valence-electron chi connectivity index (χ2n) is 8.85. The maximum atomic E-state index is 12.7. The van der Waals surface area contributed by atoms with Crippen LogP contribution in [0.3, 0.4) is 0 Å². The molecule has 0 aliphatic heterocycles. The van der Waals surface area contributed by atoms with Gasteiger partial charge in [0.1, 0.15) is 19.2 Å². The maximum Gasteiger partial charge on any atom is 0.545 e. The van der Waals surface area contributed by atoms with Crippen LogP contribution in [0.4, 0.5) is 4.79 Å². The number of aromatic nitrogens is 2. The van der Waals surface area contributed by atoms with Gasteiger partial charge >= 0.3 is 12.1 Å². The van der Waals surface area contributed by atoms with Crippen molar-refractivity contribution in [2.24, 2.45) is 5.92 Å². The fraction of sp³-hybridized carbons (Fsp3) is 0.609. The van der Waals surface area contributed by atoms with Crippen molar-refractivity contribution in [2.75, 3.05) is 20.1 Å². The van der Waals surface area contributed by atoms with Gasteiger partial charge in [-0.1, -0.05) is 27.7 Å². The van der Waals surface area contributed by atoms with E-state index in [4.69, 9.17) is 4.74 Å². The van der Waals surface area contributed by atoms with Gasteiger partial charge < -0.3 is 25.4 Å². The zero-order valence-corrected chi connectivity index (χ0v) is 22.7. The molecule has 10 nitrogen and oxygen atoms in total. The highest BCUT2D eigenvalue weighted by atomic mass is 32.1. The van der Waals surface area contributed by atoms with Crippen LogP contribution < -0.4 is 15.6 Å². The molecular formula is C23H37N6O4S2+. The Morgan fingerprint density at radius 1 is 1.23 bits per heavy atom. The summed E-state index contributed by atoms with van der Waals surface area (Å²) >= 11 is 3.04. The van der Waals surface area contributed by atoms with Crippen molar-refractivity contribution in [2.45, 2.75) is 65.6 Å². The van der Waals surface area contributed by atoms with E-state index in [1.165, 1.54) is 16.2 Å². The predicted octanol–water partition coefficient (Wildman–Crippen LogP) is 2.00. The molecule has 2 aromatic rings. The Hall–Kier alpha value is -2.73. The summed E-state index contributed by atoms with van der Waals surface area (Å²) in [4.78, 5) is 39.1. The summed E-state index contributed by atoms with van der Waals surface area (Å²) in [5, 5.41) is 18.5. The number of carbonyl (C=O) groups is 2. The Labute approximate surface area is 214 Å². The number of aliphatic hydroxyl groups excluding tert-OH is 1. The average Bonchev–Trinajstić information content (AvgIpc) is 3.50. The monoisotopic (exact) mass is 525 g/mol. The van der Waals surface area contributed by atoms with Crippen LogP contribution in [0.2, 0.25) is 0 Å². The van der Waals surface area contributed by atoms with Crippen molar-refractivity contribution in [3.05, 3.63) is 32.7 Å². The van der Waals surface area contributed by atoms with Gasteiger partial charge in [0, 0.05) is 37.5 Å². The van der Waals surface area contributed by atoms with E-state index in [9.17, 15) is 14.7 Å². The van der Waals surface area contributed by atoms with Crippen molar-refractivity contribution in [1.29, 1.82) is 0 Å². The second kappa shape index (κ2) is 14.6. The largest absolute Gasteiger partial charge is 0.545 e. The quantitative estimate of drug-likeness (QED) is 0.180. The number of ether oxygens (including phenoxy) is 1. The minimum atomic E-state index is -0.637. The molecule has 4 N–H and O–H groups in total. The van der Waals surface area contributed by atoms with Crippen molar-refractivity contribution >= 4 is 40.7 Å². The number of nitrogens with zero attached hydrogens (tertiary/aromatic N) is 3. The lowest BCUT2D eigenvalue weighted by Gasteiger charge is -2.25. The fourth-order valence-corrected chi connectivity index (χ4v) is 4.36. The Bertz CT molecular complexity index is 946. The van der Waals surface area contributed by atoms with E-state index < -0.39 is 6.04 Å². The number of aliphatic hydroxyl groups is 1. The molecule has 1 unspecified atom stereocenters. The maximum absolute atomic E-state index is 12.7. The van der Waals surface area contributed by atoms with Crippen LogP contribution in [0.1, 0.15) is 62.0 Å². The summed E-state index contributed by atoms with van der Waals surface area (Å²) in [5.74, 6) is 0.0693. The lowest BCUT2D eigenvalue weighted by molar-refractivity contribution is -0.479. The van der Waals surface area contributed by atoms with Gasteiger partial charge in [-0.05, 0) is 12.3 Å². The number of hydrogen-bond acceptors (Lipinski definition) is 7. The standard InChI is InChI=1S/C23H36N6O4S2/c1-15(2)19(28-22(31)29(5)11-17-13-34-21(27-17)16(3)4)20(30)25-8-6-7-9-26-23(32)33-12-18-10-24-14-35-18/h10,13-16,19H,6-9,11-12H2,1-5H3,(H,25,30)(H,26,32)(H,28,31)/p+1. The average molecular weight is 526 g/mol. The third kappa shape index (κ3) is 10.2. The van der Waals surface area contributed by atoms with E-state index in [2.05, 4.69) is 39.4 Å². The van der Waals surface area contributed by atoms with Gasteiger partial charge in [0.2, 0.25) is 5.91 Å². The number of nitrogens with one attached hydrogen (secondary N) is 3. The Morgan fingerprint density at radius 2 is 2.00 bits per heavy atom. The molecule has 1 atom stereocenters. The zero-order valence-electron chi connectivity index (χ0n) is 21.0. The third-order valence-corrected chi connectivity index (χ3v) is 7.00. The molecule has 0 radical (unpaired) electrons. The molecule has 12 heteroatoms. The normalized spacial score (nSPS) is 12.6. The third-order valence-electron chi connectivity index (χ3n) is 5.05. The minimum Gasteiger partial charge on any atom is -0.430 e. The highest BCUT2D eigenvalue weighted by Gasteiger charge is 2.25. The number of carbonyl (C=O) groups excluding carboxylic acids is 2. The van der Waals surface area contributed by atoms with E-state index in [-0.39, 0.29) is 30.5 Å². The van der Waals surface area contributed by atoms with E-state index >= 15 is 0 Å². The first-order valence-corrected chi connectivity index (χ1v) is 13.5. The molecule has 0 aromatic carbocycles. The number of rotatable bonds is 13. The molecule has 0 saturated heterocycles. The molecule has 0 saturated carbocycles. The molecule has 2 heterocycles. The number of urea groups is 1. The van der Waals surface area contributed by atoms with Crippen LogP contribution >= 0.6 is 22.7 Å². The van der Waals surface area contributed by atoms with Crippen molar-refractivity contribution in [3.63, 3.8) is 0 Å². The Balaban J connectivity index is 1.69. The summed E-state index contributed by atoms with van der Waals surface area (Å²) in [5.41, 5.74) is 2.54. The summed E-state index contributed by atoms with van der Waals surface area (Å²) in [6.07, 6.45) is 2.89. The highest BCUT2D eigenvalue weighted by molar-refractivity contribution is 7.09. The first-order valence-electron chi connectivity index (χ1n) is 11.7. The summed E-state index contributed by atoms with van der Waals surface area (Å²) < 4.78 is 5.21. The molecule has 35 heavy (non-hydrogen) atoms. The van der Waals surface area contributed by atoms with Gasteiger partial charge in [-0.3, -0.25) is 9.78 Å². The molecule has 0 spiro atoms. The van der Waals surface area contributed by atoms with Gasteiger partial charge in [-0.2, -0.15) is 4.99 Å². The Kier molecular flexibility index (Phi) is 11.9. The zero-order chi connectivity index (χ0) is 25.8. The van der Waals surface area contributed by atoms with E-state index in [0.717, 1.165) is 22.0 Å². The summed E-state index contributed by atoms with van der Waals surface area (Å²) in [6.45, 7) is 9.59. The van der Waals surface area contributed by atoms with E-state index in [0.29, 0.717) is 32.0 Å². The molecule has 3 amide bonds. The number of unbranched alkanes of at least 4 members (excludes halogenated alkanes) is 1. The summed E-state index contributed by atoms with van der Waals surface area (Å²) in [6, 6.07) is -0.950. The molecule has 0 aliphatic rings. The molecule has 0 aliphatic carbocycles. The van der Waals surface area contributed by atoms with Crippen LogP contribution in [-0.4, -0.2) is 64.2 Å². The lowest BCUT2D eigenvalue weighted by atomic mass is 10.0. The number of thiazole rings is 2. The molecule has 2 rings (SSSR count). The minimum absolute atomic E-state index is 0.0666. The SMILES string of the molecule is CC(C)c1nc(CN(C)C(=O)NC(C(=O)NCCCC[NH+]=C(O)OCc2cncs2)C(C)C)cs1. The fourth-order valence-electron chi connectivity index (χ4n) is 3.02. The van der Waals surface area contributed by atoms with E-state index in [1.54, 1.807) is 30.1 Å². The molecule has 194 valence electrons. The lowest BCUT2D eigenvalue weighted by Crippen LogP contribution is -2.73. The Morgan fingerprint density at radius 3 is 2.63 bits per heavy atom. The summed E-state index contributed by atoms with van der Waals surface area (Å²) in [7, 11) is 1.69. The second-order valence-corrected chi connectivity index (χ2v) is 10.7. The van der Waals surface area contributed by atoms with Gasteiger partial charge in [-0.25, -0.2) is 9.78 Å². The van der Waals surface area contributed by atoms with Crippen molar-refractivity contribution < 1.29 is 24.4 Å². The van der Waals surface area contributed by atoms with Crippen LogP contribution in [0.5, 0.6) is 0 Å². The first kappa shape index (κ1) is 28.5. The number of hydrogen-bond donors (Lipinski definition) is 4.